The van der Waals surface area contributed by atoms with Crippen molar-refractivity contribution in [2.45, 2.75) is 0 Å². The van der Waals surface area contributed by atoms with Crippen LogP contribution in [0.2, 0.25) is 0 Å². The van der Waals surface area contributed by atoms with Crippen LogP contribution in [0.25, 0.3) is 88.3 Å². The number of aromatic nitrogens is 3. The van der Waals surface area contributed by atoms with Gasteiger partial charge < -0.3 is 9.13 Å². The number of fused-ring (bicyclic) bond motifs is 7. The van der Waals surface area contributed by atoms with E-state index in [9.17, 15) is 0 Å². The zero-order valence-electron chi connectivity index (χ0n) is 26.1. The highest BCUT2D eigenvalue weighted by atomic mass is 15.0. The van der Waals surface area contributed by atoms with E-state index < -0.39 is 0 Å². The van der Waals surface area contributed by atoms with Gasteiger partial charge in [0.05, 0.1) is 33.3 Å². The highest BCUT2D eigenvalue weighted by molar-refractivity contribution is 6.19. The lowest BCUT2D eigenvalue weighted by molar-refractivity contribution is 1.16. The highest BCUT2D eigenvalue weighted by Gasteiger charge is 2.18. The molecule has 7 aromatic carbocycles. The van der Waals surface area contributed by atoms with Crippen molar-refractivity contribution in [3.63, 3.8) is 0 Å². The molecule has 10 aromatic rings. The molecule has 0 radical (unpaired) electrons. The molecule has 0 unspecified atom stereocenters. The van der Waals surface area contributed by atoms with Crippen LogP contribution in [0.1, 0.15) is 0 Å². The molecule has 3 nitrogen and oxygen atoms in total. The van der Waals surface area contributed by atoms with Crippen molar-refractivity contribution in [3.8, 4) is 33.8 Å². The minimum atomic E-state index is 0.968. The van der Waals surface area contributed by atoms with Gasteiger partial charge in [-0.15, -0.1) is 0 Å². The highest BCUT2D eigenvalue weighted by Crippen LogP contribution is 2.40. The fourth-order valence-corrected chi connectivity index (χ4v) is 7.53. The lowest BCUT2D eigenvalue weighted by atomic mass is 10.00. The molecule has 0 bridgehead atoms. The standard InChI is InChI=1S/C45H29N3/c1-3-12-30(13-4-1)34-18-11-19-41-35(34)26-27-40(46-41)31-22-24-33(25-23-31)48-43-21-10-8-17-37(43)39-28-38-36-16-7-9-20-42(36)47(44(38)29-45(39)48)32-14-5-2-6-15-32/h1-29H. The Morgan fingerprint density at radius 2 is 0.917 bits per heavy atom. The molecule has 0 spiro atoms. The Balaban J connectivity index is 1.14. The van der Waals surface area contributed by atoms with E-state index in [2.05, 4.69) is 185 Å². The van der Waals surface area contributed by atoms with Gasteiger partial charge in [-0.3, -0.25) is 0 Å². The fourth-order valence-electron chi connectivity index (χ4n) is 7.53. The normalized spacial score (nSPS) is 11.8. The number of benzene rings is 7. The molecule has 0 aliphatic carbocycles. The summed E-state index contributed by atoms with van der Waals surface area (Å²) in [4.78, 5) is 5.11. The molecule has 0 amide bonds. The summed E-state index contributed by atoms with van der Waals surface area (Å²) in [6, 6.07) is 63.0. The summed E-state index contributed by atoms with van der Waals surface area (Å²) >= 11 is 0. The topological polar surface area (TPSA) is 22.8 Å². The molecule has 0 N–H and O–H groups in total. The van der Waals surface area contributed by atoms with E-state index in [4.69, 9.17) is 4.98 Å². The number of hydrogen-bond donors (Lipinski definition) is 0. The Bertz CT molecular complexity index is 2810. The Labute approximate surface area is 277 Å². The van der Waals surface area contributed by atoms with Gasteiger partial charge in [-0.1, -0.05) is 115 Å². The zero-order valence-corrected chi connectivity index (χ0v) is 26.1. The number of pyridine rings is 1. The molecule has 224 valence electrons. The van der Waals surface area contributed by atoms with E-state index in [0.717, 1.165) is 33.5 Å². The van der Waals surface area contributed by atoms with Gasteiger partial charge in [0.1, 0.15) is 0 Å². The van der Waals surface area contributed by atoms with Gasteiger partial charge in [0, 0.05) is 43.9 Å². The van der Waals surface area contributed by atoms with Gasteiger partial charge >= 0.3 is 0 Å². The summed E-state index contributed by atoms with van der Waals surface area (Å²) in [5.74, 6) is 0. The smallest absolute Gasteiger partial charge is 0.0715 e. The second-order valence-electron chi connectivity index (χ2n) is 12.4. The number of para-hydroxylation sites is 3. The summed E-state index contributed by atoms with van der Waals surface area (Å²) in [6.07, 6.45) is 0. The number of rotatable bonds is 4. The minimum absolute atomic E-state index is 0.968. The van der Waals surface area contributed by atoms with Crippen LogP contribution in [0, 0.1) is 0 Å². The van der Waals surface area contributed by atoms with Crippen LogP contribution in [0.3, 0.4) is 0 Å². The maximum Gasteiger partial charge on any atom is 0.0715 e. The average Bonchev–Trinajstić information content (AvgIpc) is 3.66. The molecule has 48 heavy (non-hydrogen) atoms. The average molecular weight is 612 g/mol. The first kappa shape index (κ1) is 26.7. The summed E-state index contributed by atoms with van der Waals surface area (Å²) < 4.78 is 4.80. The van der Waals surface area contributed by atoms with Gasteiger partial charge in [-0.25, -0.2) is 4.98 Å². The summed E-state index contributed by atoms with van der Waals surface area (Å²) in [5, 5.41) is 6.19. The SMILES string of the molecule is c1ccc(-c2cccc3nc(-c4ccc(-n5c6ccccc6c6cc7c8ccccc8n(-c8ccccc8)c7cc65)cc4)ccc23)cc1. The van der Waals surface area contributed by atoms with E-state index in [1.54, 1.807) is 0 Å². The Hall–Kier alpha value is -6.45. The summed E-state index contributed by atoms with van der Waals surface area (Å²) in [5.41, 5.74) is 12.5. The van der Waals surface area contributed by atoms with Crippen molar-refractivity contribution in [2.75, 3.05) is 0 Å². The van der Waals surface area contributed by atoms with Gasteiger partial charge in [0.15, 0.2) is 0 Å². The molecule has 0 aliphatic heterocycles. The molecule has 3 heterocycles. The van der Waals surface area contributed by atoms with Crippen molar-refractivity contribution in [1.82, 2.24) is 14.1 Å². The van der Waals surface area contributed by atoms with Crippen molar-refractivity contribution < 1.29 is 0 Å². The van der Waals surface area contributed by atoms with Gasteiger partial charge in [-0.05, 0) is 71.8 Å². The summed E-state index contributed by atoms with van der Waals surface area (Å²) in [7, 11) is 0. The van der Waals surface area contributed by atoms with Gasteiger partial charge in [0.25, 0.3) is 0 Å². The molecule has 0 aliphatic rings. The van der Waals surface area contributed by atoms with Crippen LogP contribution in [-0.4, -0.2) is 14.1 Å². The van der Waals surface area contributed by atoms with Crippen LogP contribution in [-0.2, 0) is 0 Å². The molecule has 0 saturated carbocycles. The van der Waals surface area contributed by atoms with Gasteiger partial charge in [0.2, 0.25) is 0 Å². The second-order valence-corrected chi connectivity index (χ2v) is 12.4. The molecule has 0 saturated heterocycles. The number of hydrogen-bond acceptors (Lipinski definition) is 1. The number of nitrogens with zero attached hydrogens (tertiary/aromatic N) is 3. The third kappa shape index (κ3) is 4.04. The molecule has 3 aromatic heterocycles. The third-order valence-electron chi connectivity index (χ3n) is 9.72. The largest absolute Gasteiger partial charge is 0.309 e. The predicted molar refractivity (Wildman–Crippen MR) is 201 cm³/mol. The molecular formula is C45H29N3. The molecule has 3 heteroatoms. The molecule has 0 atom stereocenters. The lowest BCUT2D eigenvalue weighted by Gasteiger charge is -2.11. The first-order chi connectivity index (χ1) is 23.8. The molecule has 0 fully saturated rings. The molecule has 10 rings (SSSR count). The van der Waals surface area contributed by atoms with Crippen LogP contribution in [0.4, 0.5) is 0 Å². The maximum absolute atomic E-state index is 5.11. The van der Waals surface area contributed by atoms with Crippen molar-refractivity contribution in [3.05, 3.63) is 176 Å². The fraction of sp³-hybridized carbons (Fsp3) is 0. The van der Waals surface area contributed by atoms with E-state index >= 15 is 0 Å². The monoisotopic (exact) mass is 611 g/mol. The predicted octanol–water partition coefficient (Wildman–Crippen LogP) is 11.8. The third-order valence-corrected chi connectivity index (χ3v) is 9.72. The first-order valence-corrected chi connectivity index (χ1v) is 16.4. The maximum atomic E-state index is 5.11. The Morgan fingerprint density at radius 3 is 1.58 bits per heavy atom. The zero-order chi connectivity index (χ0) is 31.6. The Morgan fingerprint density at radius 1 is 0.333 bits per heavy atom. The quantitative estimate of drug-likeness (QED) is 0.194. The van der Waals surface area contributed by atoms with E-state index in [1.807, 2.05) is 0 Å². The Kier molecular flexibility index (Phi) is 5.87. The summed E-state index contributed by atoms with van der Waals surface area (Å²) in [6.45, 7) is 0. The van der Waals surface area contributed by atoms with Crippen LogP contribution >= 0.6 is 0 Å². The van der Waals surface area contributed by atoms with E-state index in [-0.39, 0.29) is 0 Å². The van der Waals surface area contributed by atoms with Crippen LogP contribution in [0.5, 0.6) is 0 Å². The van der Waals surface area contributed by atoms with E-state index in [0.29, 0.717) is 0 Å². The lowest BCUT2D eigenvalue weighted by Crippen LogP contribution is -1.96. The van der Waals surface area contributed by atoms with Crippen molar-refractivity contribution in [2.24, 2.45) is 0 Å². The molecular weight excluding hydrogens is 583 g/mol. The second kappa shape index (κ2) is 10.5. The van der Waals surface area contributed by atoms with Crippen molar-refractivity contribution >= 4 is 54.5 Å². The first-order valence-electron chi connectivity index (χ1n) is 16.4. The van der Waals surface area contributed by atoms with Gasteiger partial charge in [-0.2, -0.15) is 0 Å². The minimum Gasteiger partial charge on any atom is -0.309 e. The van der Waals surface area contributed by atoms with Crippen LogP contribution < -0.4 is 0 Å². The van der Waals surface area contributed by atoms with E-state index in [1.165, 1.54) is 54.7 Å². The van der Waals surface area contributed by atoms with Crippen molar-refractivity contribution in [1.29, 1.82) is 0 Å². The van der Waals surface area contributed by atoms with Crippen LogP contribution in [0.15, 0.2) is 176 Å².